The second kappa shape index (κ2) is 3.79. The Kier molecular flexibility index (Phi) is 2.94. The molecule has 0 amide bonds. The highest BCUT2D eigenvalue weighted by atomic mass is 35.5. The van der Waals surface area contributed by atoms with E-state index >= 15 is 0 Å². The molecule has 70 valence electrons. The van der Waals surface area contributed by atoms with E-state index in [1.165, 1.54) is 6.92 Å². The summed E-state index contributed by atoms with van der Waals surface area (Å²) in [5, 5.41) is 8.83. The van der Waals surface area contributed by atoms with E-state index in [4.69, 9.17) is 11.6 Å². The van der Waals surface area contributed by atoms with Crippen molar-refractivity contribution >= 4 is 17.4 Å². The van der Waals surface area contributed by atoms with Crippen molar-refractivity contribution in [3.05, 3.63) is 29.3 Å². The molecule has 1 unspecified atom stereocenters. The van der Waals surface area contributed by atoms with Crippen LogP contribution in [0.2, 0.25) is 0 Å². The van der Waals surface area contributed by atoms with E-state index in [-0.39, 0.29) is 11.5 Å². The topological polar surface area (TPSA) is 37.3 Å². The maximum Gasteiger partial charge on any atom is 0.152 e. The summed E-state index contributed by atoms with van der Waals surface area (Å²) in [6.07, 6.45) is 0. The first-order valence-electron chi connectivity index (χ1n) is 3.97. The number of carbonyl (C=O) groups is 1. The fourth-order valence-electron chi connectivity index (χ4n) is 1.11. The Morgan fingerprint density at radius 3 is 2.69 bits per heavy atom. The standard InChI is InChI=1S/C10H11ClO2/c1-6-4-3-5-8(10(6)13)9(11)7(2)12/h3-5,9,13H,1-2H3. The van der Waals surface area contributed by atoms with Crippen LogP contribution in [-0.2, 0) is 4.79 Å². The quantitative estimate of drug-likeness (QED) is 0.742. The zero-order valence-corrected chi connectivity index (χ0v) is 8.30. The van der Waals surface area contributed by atoms with Crippen molar-refractivity contribution in [2.75, 3.05) is 0 Å². The Morgan fingerprint density at radius 1 is 1.54 bits per heavy atom. The number of hydrogen-bond acceptors (Lipinski definition) is 2. The van der Waals surface area contributed by atoms with Crippen molar-refractivity contribution in [2.24, 2.45) is 0 Å². The molecular weight excluding hydrogens is 188 g/mol. The number of carbonyl (C=O) groups excluding carboxylic acids is 1. The van der Waals surface area contributed by atoms with E-state index in [9.17, 15) is 9.90 Å². The third-order valence-corrected chi connectivity index (χ3v) is 2.44. The van der Waals surface area contributed by atoms with Crippen molar-refractivity contribution in [1.82, 2.24) is 0 Å². The number of benzene rings is 1. The van der Waals surface area contributed by atoms with Crippen molar-refractivity contribution < 1.29 is 9.90 Å². The normalized spacial score (nSPS) is 12.5. The number of alkyl halides is 1. The SMILES string of the molecule is CC(=O)C(Cl)c1cccc(C)c1O. The summed E-state index contributed by atoms with van der Waals surface area (Å²) in [5.41, 5.74) is 1.21. The van der Waals surface area contributed by atoms with Gasteiger partial charge in [0, 0.05) is 5.56 Å². The summed E-state index contributed by atoms with van der Waals surface area (Å²) in [5.74, 6) is -0.0553. The van der Waals surface area contributed by atoms with Crippen molar-refractivity contribution in [3.63, 3.8) is 0 Å². The molecule has 0 saturated carbocycles. The van der Waals surface area contributed by atoms with Crippen LogP contribution in [-0.4, -0.2) is 10.9 Å². The first kappa shape index (κ1) is 10.1. The average Bonchev–Trinajstić information content (AvgIpc) is 2.08. The van der Waals surface area contributed by atoms with Crippen LogP contribution < -0.4 is 0 Å². The molecule has 1 N–H and O–H groups in total. The van der Waals surface area contributed by atoms with Gasteiger partial charge in [0.15, 0.2) is 5.78 Å². The molecule has 0 spiro atoms. The van der Waals surface area contributed by atoms with Crippen LogP contribution >= 0.6 is 11.6 Å². The Morgan fingerprint density at radius 2 is 2.15 bits per heavy atom. The van der Waals surface area contributed by atoms with Crippen LogP contribution in [0.4, 0.5) is 0 Å². The van der Waals surface area contributed by atoms with Crippen LogP contribution in [0.25, 0.3) is 0 Å². The lowest BCUT2D eigenvalue weighted by Crippen LogP contribution is -2.02. The highest BCUT2D eigenvalue weighted by Crippen LogP contribution is 2.31. The summed E-state index contributed by atoms with van der Waals surface area (Å²) in [7, 11) is 0. The Labute approximate surface area is 82.2 Å². The molecular formula is C10H11ClO2. The van der Waals surface area contributed by atoms with Gasteiger partial charge in [0.2, 0.25) is 0 Å². The Balaban J connectivity index is 3.15. The summed E-state index contributed by atoms with van der Waals surface area (Å²) in [6, 6.07) is 5.19. The molecule has 0 saturated heterocycles. The first-order chi connectivity index (χ1) is 6.04. The summed E-state index contributed by atoms with van der Waals surface area (Å²) in [6.45, 7) is 3.17. The molecule has 0 aromatic heterocycles. The highest BCUT2D eigenvalue weighted by molar-refractivity contribution is 6.31. The average molecular weight is 199 g/mol. The van der Waals surface area contributed by atoms with Gasteiger partial charge in [-0.3, -0.25) is 4.79 Å². The van der Waals surface area contributed by atoms with E-state index in [1.54, 1.807) is 25.1 Å². The largest absolute Gasteiger partial charge is 0.507 e. The smallest absolute Gasteiger partial charge is 0.152 e. The molecule has 1 aromatic rings. The molecule has 0 bridgehead atoms. The zero-order chi connectivity index (χ0) is 10.0. The summed E-state index contributed by atoms with van der Waals surface area (Å²) in [4.78, 5) is 11.0. The van der Waals surface area contributed by atoms with Gasteiger partial charge in [-0.1, -0.05) is 18.2 Å². The van der Waals surface area contributed by atoms with Gasteiger partial charge >= 0.3 is 0 Å². The van der Waals surface area contributed by atoms with Crippen molar-refractivity contribution in [2.45, 2.75) is 19.2 Å². The van der Waals surface area contributed by atoms with Gasteiger partial charge in [0.1, 0.15) is 11.1 Å². The predicted octanol–water partition coefficient (Wildman–Crippen LogP) is 2.57. The van der Waals surface area contributed by atoms with Gasteiger partial charge in [-0.15, -0.1) is 11.6 Å². The molecule has 0 aliphatic rings. The highest BCUT2D eigenvalue weighted by Gasteiger charge is 2.17. The van der Waals surface area contributed by atoms with Crippen LogP contribution in [0.15, 0.2) is 18.2 Å². The van der Waals surface area contributed by atoms with Gasteiger partial charge in [0.05, 0.1) is 0 Å². The van der Waals surface area contributed by atoms with Gasteiger partial charge < -0.3 is 5.11 Å². The molecule has 1 aromatic carbocycles. The van der Waals surface area contributed by atoms with Crippen LogP contribution in [0, 0.1) is 6.92 Å². The molecule has 1 rings (SSSR count). The number of rotatable bonds is 2. The number of phenolic OH excluding ortho intramolecular Hbond substituents is 1. The number of hydrogen-bond donors (Lipinski definition) is 1. The molecule has 0 aliphatic heterocycles. The molecule has 0 aliphatic carbocycles. The van der Waals surface area contributed by atoms with E-state index in [0.29, 0.717) is 5.56 Å². The lowest BCUT2D eigenvalue weighted by molar-refractivity contribution is -0.116. The van der Waals surface area contributed by atoms with Gasteiger partial charge in [0.25, 0.3) is 0 Å². The lowest BCUT2D eigenvalue weighted by atomic mass is 10.0. The third kappa shape index (κ3) is 2.01. The minimum absolute atomic E-state index is 0.109. The van der Waals surface area contributed by atoms with E-state index in [2.05, 4.69) is 0 Å². The second-order valence-corrected chi connectivity index (χ2v) is 3.42. The third-order valence-electron chi connectivity index (χ3n) is 1.90. The minimum Gasteiger partial charge on any atom is -0.507 e. The molecule has 0 radical (unpaired) electrons. The number of ketones is 1. The van der Waals surface area contributed by atoms with E-state index < -0.39 is 5.38 Å². The zero-order valence-electron chi connectivity index (χ0n) is 7.54. The van der Waals surface area contributed by atoms with Gasteiger partial charge in [-0.25, -0.2) is 0 Å². The summed E-state index contributed by atoms with van der Waals surface area (Å²) >= 11 is 5.81. The van der Waals surface area contributed by atoms with Crippen LogP contribution in [0.5, 0.6) is 5.75 Å². The molecule has 2 nitrogen and oxygen atoms in total. The molecule has 1 atom stereocenters. The first-order valence-corrected chi connectivity index (χ1v) is 4.40. The monoisotopic (exact) mass is 198 g/mol. The molecule has 0 fully saturated rings. The predicted molar refractivity (Wildman–Crippen MR) is 52.1 cm³/mol. The minimum atomic E-state index is -0.750. The number of para-hydroxylation sites is 1. The summed E-state index contributed by atoms with van der Waals surface area (Å²) < 4.78 is 0. The molecule has 0 heterocycles. The number of phenols is 1. The molecule has 3 heteroatoms. The number of halogens is 1. The van der Waals surface area contributed by atoms with Gasteiger partial charge in [-0.2, -0.15) is 0 Å². The number of aromatic hydroxyl groups is 1. The van der Waals surface area contributed by atoms with Crippen LogP contribution in [0.3, 0.4) is 0 Å². The Bertz CT molecular complexity index is 334. The Hall–Kier alpha value is -1.02. The fraction of sp³-hybridized carbons (Fsp3) is 0.300. The number of aryl methyl sites for hydroxylation is 1. The van der Waals surface area contributed by atoms with Crippen molar-refractivity contribution in [3.8, 4) is 5.75 Å². The maximum absolute atomic E-state index is 11.0. The molecule has 13 heavy (non-hydrogen) atoms. The van der Waals surface area contributed by atoms with E-state index in [1.807, 2.05) is 0 Å². The second-order valence-electron chi connectivity index (χ2n) is 2.99. The van der Waals surface area contributed by atoms with Crippen molar-refractivity contribution in [1.29, 1.82) is 0 Å². The van der Waals surface area contributed by atoms with Gasteiger partial charge in [-0.05, 0) is 19.4 Å². The lowest BCUT2D eigenvalue weighted by Gasteiger charge is -2.09. The van der Waals surface area contributed by atoms with Crippen LogP contribution in [0.1, 0.15) is 23.4 Å². The number of Topliss-reactive ketones (excluding diaryl/α,β-unsaturated/α-hetero) is 1. The fourth-order valence-corrected chi connectivity index (χ4v) is 1.28. The maximum atomic E-state index is 11.0. The van der Waals surface area contributed by atoms with E-state index in [0.717, 1.165) is 5.56 Å².